The molecule has 1 saturated carbocycles. The molecule has 2 aromatic rings. The summed E-state index contributed by atoms with van der Waals surface area (Å²) in [5.74, 6) is 0.371. The van der Waals surface area contributed by atoms with Crippen LogP contribution in [0.4, 0.5) is 0 Å². The molecule has 0 radical (unpaired) electrons. The molecule has 2 fully saturated rings. The van der Waals surface area contributed by atoms with Crippen molar-refractivity contribution in [1.29, 1.82) is 0 Å². The van der Waals surface area contributed by atoms with E-state index in [2.05, 4.69) is 17.0 Å². The fourth-order valence-electron chi connectivity index (χ4n) is 5.38. The molecule has 0 amide bonds. The lowest BCUT2D eigenvalue weighted by Gasteiger charge is -2.41. The lowest BCUT2D eigenvalue weighted by Crippen LogP contribution is -2.53. The fourth-order valence-corrected chi connectivity index (χ4v) is 5.38. The number of piperidine rings is 1. The fraction of sp³-hybridized carbons (Fsp3) is 0.577. The van der Waals surface area contributed by atoms with Gasteiger partial charge in [0.15, 0.2) is 5.60 Å². The number of aromatic nitrogens is 2. The normalized spacial score (nSPS) is 25.9. The molecule has 1 aliphatic heterocycles. The smallest absolute Gasteiger partial charge is 0.343 e. The summed E-state index contributed by atoms with van der Waals surface area (Å²) in [6, 6.07) is 11.2. The highest BCUT2D eigenvalue weighted by atomic mass is 16.6. The number of carbonyl (C=O) groups excluding carboxylic acids is 1. The number of likely N-dealkylation sites (tertiary alicyclic amines) is 1. The van der Waals surface area contributed by atoms with Gasteiger partial charge in [0.05, 0.1) is 26.7 Å². The van der Waals surface area contributed by atoms with Crippen molar-refractivity contribution in [2.75, 3.05) is 26.7 Å². The van der Waals surface area contributed by atoms with Gasteiger partial charge in [-0.05, 0) is 24.5 Å². The Morgan fingerprint density at radius 2 is 1.72 bits per heavy atom. The van der Waals surface area contributed by atoms with Gasteiger partial charge in [0.25, 0.3) is 0 Å². The van der Waals surface area contributed by atoms with Crippen LogP contribution >= 0.6 is 0 Å². The number of nitrogens with zero attached hydrogens (tertiary/aromatic N) is 3. The number of hydrogen-bond donors (Lipinski definition) is 1. The Labute approximate surface area is 191 Å². The number of esters is 1. The van der Waals surface area contributed by atoms with Crippen molar-refractivity contribution in [3.05, 3.63) is 60.2 Å². The molecule has 172 valence electrons. The van der Waals surface area contributed by atoms with E-state index in [0.29, 0.717) is 5.56 Å². The highest BCUT2D eigenvalue weighted by molar-refractivity contribution is 5.81. The van der Waals surface area contributed by atoms with E-state index in [-0.39, 0.29) is 12.0 Å². The number of rotatable bonds is 8. The van der Waals surface area contributed by atoms with Crippen molar-refractivity contribution in [3.63, 3.8) is 0 Å². The van der Waals surface area contributed by atoms with E-state index in [0.717, 1.165) is 81.3 Å². The zero-order valence-electron chi connectivity index (χ0n) is 19.2. The van der Waals surface area contributed by atoms with E-state index in [1.807, 2.05) is 36.4 Å². The SMILES string of the molecule is C[N+]1(CCCc2ncccn2)CCC(OC(=O)C(O)(c2ccccc2)C2CCCC2)CC1. The van der Waals surface area contributed by atoms with Crippen LogP contribution in [-0.4, -0.2) is 58.3 Å². The highest BCUT2D eigenvalue weighted by Gasteiger charge is 2.49. The molecule has 2 heterocycles. The number of quaternary nitrogens is 1. The average molecular weight is 439 g/mol. The predicted molar refractivity (Wildman–Crippen MR) is 123 cm³/mol. The summed E-state index contributed by atoms with van der Waals surface area (Å²) in [5, 5.41) is 11.6. The summed E-state index contributed by atoms with van der Waals surface area (Å²) < 4.78 is 6.95. The van der Waals surface area contributed by atoms with Crippen molar-refractivity contribution in [2.24, 2.45) is 5.92 Å². The Hall–Kier alpha value is -2.31. The first-order valence-corrected chi connectivity index (χ1v) is 12.1. The van der Waals surface area contributed by atoms with E-state index >= 15 is 0 Å². The molecule has 32 heavy (non-hydrogen) atoms. The number of benzene rings is 1. The molecule has 6 heteroatoms. The zero-order chi connectivity index (χ0) is 22.4. The van der Waals surface area contributed by atoms with Crippen LogP contribution in [0.25, 0.3) is 0 Å². The molecular weight excluding hydrogens is 402 g/mol. The molecule has 1 atom stereocenters. The maximum absolute atomic E-state index is 13.3. The number of aliphatic hydroxyl groups is 1. The lowest BCUT2D eigenvalue weighted by atomic mass is 9.80. The Morgan fingerprint density at radius 1 is 1.06 bits per heavy atom. The van der Waals surface area contributed by atoms with Crippen LogP contribution in [0.15, 0.2) is 48.8 Å². The van der Waals surface area contributed by atoms with Gasteiger partial charge >= 0.3 is 5.97 Å². The Bertz CT molecular complexity index is 862. The van der Waals surface area contributed by atoms with Crippen molar-refractivity contribution >= 4 is 5.97 Å². The van der Waals surface area contributed by atoms with Crippen molar-refractivity contribution < 1.29 is 19.1 Å². The van der Waals surface area contributed by atoms with Crippen LogP contribution in [-0.2, 0) is 21.6 Å². The minimum Gasteiger partial charge on any atom is -0.460 e. The number of aryl methyl sites for hydroxylation is 1. The standard InChI is InChI=1S/C26H36N3O3/c1-29(18-7-13-24-27-16-8-17-28-24)19-14-23(15-20-29)32-25(30)26(31,22-11-5-6-12-22)21-9-3-2-4-10-21/h2-4,8-10,16-17,22-23,31H,5-7,11-15,18-20H2,1H3/q+1. The van der Waals surface area contributed by atoms with Gasteiger partial charge in [-0.2, -0.15) is 0 Å². The lowest BCUT2D eigenvalue weighted by molar-refractivity contribution is -0.915. The third-order valence-corrected chi connectivity index (χ3v) is 7.44. The molecule has 1 aliphatic carbocycles. The van der Waals surface area contributed by atoms with Gasteiger partial charge in [-0.3, -0.25) is 0 Å². The monoisotopic (exact) mass is 438 g/mol. The maximum atomic E-state index is 13.3. The minimum absolute atomic E-state index is 0.0674. The van der Waals surface area contributed by atoms with Gasteiger partial charge in [0.1, 0.15) is 11.9 Å². The van der Waals surface area contributed by atoms with Crippen LogP contribution in [0.5, 0.6) is 0 Å². The largest absolute Gasteiger partial charge is 0.460 e. The second-order valence-electron chi connectivity index (χ2n) is 9.78. The van der Waals surface area contributed by atoms with Crippen LogP contribution in [0.1, 0.15) is 56.3 Å². The molecule has 6 nitrogen and oxygen atoms in total. The van der Waals surface area contributed by atoms with Crippen molar-refractivity contribution in [3.8, 4) is 0 Å². The van der Waals surface area contributed by atoms with E-state index in [1.165, 1.54) is 0 Å². The molecule has 0 bridgehead atoms. The van der Waals surface area contributed by atoms with Crippen LogP contribution in [0.2, 0.25) is 0 Å². The summed E-state index contributed by atoms with van der Waals surface area (Å²) in [5.41, 5.74) is -0.875. The summed E-state index contributed by atoms with van der Waals surface area (Å²) in [6.45, 7) is 3.01. The topological polar surface area (TPSA) is 72.3 Å². The van der Waals surface area contributed by atoms with Crippen molar-refractivity contribution in [2.45, 2.75) is 63.1 Å². The summed E-state index contributed by atoms with van der Waals surface area (Å²) in [6.07, 6.45) is 10.9. The predicted octanol–water partition coefficient (Wildman–Crippen LogP) is 3.64. The number of hydrogen-bond acceptors (Lipinski definition) is 5. The molecule has 1 aromatic carbocycles. The minimum atomic E-state index is -1.54. The van der Waals surface area contributed by atoms with E-state index in [1.54, 1.807) is 12.4 Å². The first-order chi connectivity index (χ1) is 15.5. The van der Waals surface area contributed by atoms with Gasteiger partial charge in [0.2, 0.25) is 0 Å². The second-order valence-corrected chi connectivity index (χ2v) is 9.78. The van der Waals surface area contributed by atoms with Gasteiger partial charge < -0.3 is 14.3 Å². The zero-order valence-corrected chi connectivity index (χ0v) is 19.2. The number of carbonyl (C=O) groups is 1. The van der Waals surface area contributed by atoms with Crippen LogP contribution < -0.4 is 0 Å². The first-order valence-electron chi connectivity index (χ1n) is 12.1. The summed E-state index contributed by atoms with van der Waals surface area (Å²) in [7, 11) is 2.28. The van der Waals surface area contributed by atoms with Gasteiger partial charge in [-0.1, -0.05) is 43.2 Å². The third kappa shape index (κ3) is 5.18. The molecule has 1 N–H and O–H groups in total. The van der Waals surface area contributed by atoms with Crippen LogP contribution in [0, 0.1) is 5.92 Å². The third-order valence-electron chi connectivity index (χ3n) is 7.44. The van der Waals surface area contributed by atoms with E-state index in [4.69, 9.17) is 4.74 Å². The molecule has 1 saturated heterocycles. The van der Waals surface area contributed by atoms with E-state index < -0.39 is 11.6 Å². The average Bonchev–Trinajstić information content (AvgIpc) is 3.37. The van der Waals surface area contributed by atoms with E-state index in [9.17, 15) is 9.90 Å². The molecule has 1 aromatic heterocycles. The molecular formula is C26H36N3O3+. The van der Waals surface area contributed by atoms with Gasteiger partial charge in [-0.15, -0.1) is 0 Å². The highest BCUT2D eigenvalue weighted by Crippen LogP contribution is 2.42. The van der Waals surface area contributed by atoms with Gasteiger partial charge in [0, 0.05) is 44.0 Å². The molecule has 2 aliphatic rings. The summed E-state index contributed by atoms with van der Waals surface area (Å²) >= 11 is 0. The molecule has 0 spiro atoms. The maximum Gasteiger partial charge on any atom is 0.343 e. The first kappa shape index (κ1) is 22.9. The van der Waals surface area contributed by atoms with Crippen molar-refractivity contribution in [1.82, 2.24) is 9.97 Å². The number of ether oxygens (including phenoxy) is 1. The summed E-state index contributed by atoms with van der Waals surface area (Å²) in [4.78, 5) is 21.9. The second kappa shape index (κ2) is 10.1. The molecule has 1 unspecified atom stereocenters. The van der Waals surface area contributed by atoms with Crippen LogP contribution in [0.3, 0.4) is 0 Å². The Morgan fingerprint density at radius 3 is 2.38 bits per heavy atom. The van der Waals surface area contributed by atoms with Gasteiger partial charge in [-0.25, -0.2) is 14.8 Å². The Kier molecular flexibility index (Phi) is 7.21. The molecule has 4 rings (SSSR count). The Balaban J connectivity index is 1.32. The quantitative estimate of drug-likeness (QED) is 0.503.